The largest absolute Gasteiger partial charge is 0.381 e. The van der Waals surface area contributed by atoms with Crippen LogP contribution in [0.15, 0.2) is 78.9 Å². The Labute approximate surface area is 232 Å². The van der Waals surface area contributed by atoms with Crippen LogP contribution in [0.5, 0.6) is 0 Å². The predicted octanol–water partition coefficient (Wildman–Crippen LogP) is 3.56. The van der Waals surface area contributed by atoms with E-state index in [0.717, 1.165) is 21.6 Å². The van der Waals surface area contributed by atoms with Crippen LogP contribution in [0.2, 0.25) is 0 Å². The average Bonchev–Trinajstić information content (AvgIpc) is 3.27. The van der Waals surface area contributed by atoms with Crippen molar-refractivity contribution in [1.29, 1.82) is 0 Å². The molecule has 1 fully saturated rings. The summed E-state index contributed by atoms with van der Waals surface area (Å²) < 4.78 is 29.1. The van der Waals surface area contributed by atoms with Crippen LogP contribution in [0.1, 0.15) is 39.0 Å². The summed E-state index contributed by atoms with van der Waals surface area (Å²) in [4.78, 5) is 40.4. The minimum atomic E-state index is -3.31. The molecule has 0 unspecified atom stereocenters. The van der Waals surface area contributed by atoms with E-state index in [4.69, 9.17) is 0 Å². The normalized spacial score (nSPS) is 17.6. The molecular formula is C31H33F2N3O4. The number of aliphatic hydroxyl groups is 1. The average molecular weight is 550 g/mol. The second kappa shape index (κ2) is 12.4. The van der Waals surface area contributed by atoms with Crippen molar-refractivity contribution in [2.24, 2.45) is 0 Å². The molecule has 1 heterocycles. The minimum absolute atomic E-state index is 0.0692. The molecule has 4 rings (SSSR count). The maximum Gasteiger partial charge on any atom is 0.267 e. The van der Waals surface area contributed by atoms with E-state index < -0.39 is 54.8 Å². The topological polar surface area (TPSA) is 98.7 Å². The summed E-state index contributed by atoms with van der Waals surface area (Å²) in [5.41, 5.74) is 3.53. The molecule has 3 aromatic rings. The fourth-order valence-corrected chi connectivity index (χ4v) is 4.92. The first-order valence-corrected chi connectivity index (χ1v) is 13.1. The molecule has 1 aliphatic heterocycles. The Morgan fingerprint density at radius 2 is 1.57 bits per heavy atom. The predicted molar refractivity (Wildman–Crippen MR) is 147 cm³/mol. The van der Waals surface area contributed by atoms with Gasteiger partial charge in [-0.1, -0.05) is 72.8 Å². The molecule has 0 aromatic heterocycles. The number of amides is 3. The van der Waals surface area contributed by atoms with Crippen LogP contribution in [0.4, 0.5) is 8.78 Å². The maximum absolute atomic E-state index is 14.6. The molecule has 0 spiro atoms. The van der Waals surface area contributed by atoms with Gasteiger partial charge in [-0.2, -0.15) is 0 Å². The number of carbonyl (C=O) groups excluding carboxylic acids is 3. The summed E-state index contributed by atoms with van der Waals surface area (Å²) in [6.07, 6.45) is -2.65. The Hall–Kier alpha value is -4.11. The van der Waals surface area contributed by atoms with Gasteiger partial charge in [0.1, 0.15) is 6.04 Å². The van der Waals surface area contributed by atoms with Gasteiger partial charge in [-0.25, -0.2) is 8.78 Å². The molecule has 1 saturated heterocycles. The molecular weight excluding hydrogens is 516 g/mol. The molecule has 0 aliphatic carbocycles. The molecule has 3 N–H and O–H groups in total. The Morgan fingerprint density at radius 3 is 2.25 bits per heavy atom. The first-order valence-electron chi connectivity index (χ1n) is 13.1. The third-order valence-electron chi connectivity index (χ3n) is 7.21. The highest BCUT2D eigenvalue weighted by Crippen LogP contribution is 2.33. The van der Waals surface area contributed by atoms with Gasteiger partial charge in [-0.05, 0) is 48.6 Å². The monoisotopic (exact) mass is 549 g/mol. The van der Waals surface area contributed by atoms with Crippen molar-refractivity contribution in [3.8, 4) is 0 Å². The van der Waals surface area contributed by atoms with Gasteiger partial charge in [0.05, 0.1) is 12.6 Å². The van der Waals surface area contributed by atoms with Gasteiger partial charge in [-0.3, -0.25) is 14.4 Å². The second-order valence-electron chi connectivity index (χ2n) is 10.2. The number of nitrogens with zero attached hydrogens (tertiary/aromatic N) is 1. The zero-order valence-corrected chi connectivity index (χ0v) is 22.4. The fraction of sp³-hybridized carbons (Fsp3) is 0.323. The first kappa shape index (κ1) is 28.9. The number of benzene rings is 3. The van der Waals surface area contributed by atoms with Crippen molar-refractivity contribution in [2.75, 3.05) is 6.54 Å². The lowest BCUT2D eigenvalue weighted by molar-refractivity contribution is -0.147. The maximum atomic E-state index is 14.6. The molecule has 0 saturated carbocycles. The summed E-state index contributed by atoms with van der Waals surface area (Å²) in [7, 11) is 0. The molecule has 7 nitrogen and oxygen atoms in total. The van der Waals surface area contributed by atoms with Crippen molar-refractivity contribution < 1.29 is 28.3 Å². The zero-order valence-electron chi connectivity index (χ0n) is 22.4. The molecule has 40 heavy (non-hydrogen) atoms. The van der Waals surface area contributed by atoms with Gasteiger partial charge in [0.25, 0.3) is 17.7 Å². The molecule has 3 atom stereocenters. The summed E-state index contributed by atoms with van der Waals surface area (Å²) in [6.45, 7) is 2.74. The Balaban J connectivity index is 1.54. The Bertz CT molecular complexity index is 1370. The lowest BCUT2D eigenvalue weighted by Crippen LogP contribution is -2.56. The highest BCUT2D eigenvalue weighted by molar-refractivity contribution is 5.96. The van der Waals surface area contributed by atoms with Crippen LogP contribution < -0.4 is 10.6 Å². The molecule has 0 bridgehead atoms. The van der Waals surface area contributed by atoms with Crippen molar-refractivity contribution in [1.82, 2.24) is 15.5 Å². The van der Waals surface area contributed by atoms with Crippen molar-refractivity contribution in [3.63, 3.8) is 0 Å². The number of hydrogen-bond donors (Lipinski definition) is 3. The molecule has 1 aliphatic rings. The van der Waals surface area contributed by atoms with E-state index >= 15 is 0 Å². The Kier molecular flexibility index (Phi) is 8.94. The highest BCUT2D eigenvalue weighted by atomic mass is 19.3. The first-order chi connectivity index (χ1) is 19.1. The van der Waals surface area contributed by atoms with Gasteiger partial charge in [0, 0.05) is 18.5 Å². The number of hydrogen-bond acceptors (Lipinski definition) is 4. The third kappa shape index (κ3) is 6.90. The summed E-state index contributed by atoms with van der Waals surface area (Å²) in [5, 5.41) is 16.6. The zero-order chi connectivity index (χ0) is 28.9. The smallest absolute Gasteiger partial charge is 0.267 e. The van der Waals surface area contributed by atoms with E-state index in [1.165, 1.54) is 0 Å². The van der Waals surface area contributed by atoms with Crippen LogP contribution >= 0.6 is 0 Å². The number of aryl methyl sites for hydroxylation is 2. The number of rotatable bonds is 9. The number of aliphatic hydroxyl groups excluding tert-OH is 1. The van der Waals surface area contributed by atoms with Crippen LogP contribution in [0.25, 0.3) is 0 Å². The van der Waals surface area contributed by atoms with E-state index in [1.54, 1.807) is 61.5 Å². The highest BCUT2D eigenvalue weighted by Gasteiger charge is 2.51. The number of nitrogens with one attached hydrogen (secondary N) is 2. The lowest BCUT2D eigenvalue weighted by Gasteiger charge is -2.30. The van der Waals surface area contributed by atoms with Crippen molar-refractivity contribution in [3.05, 3.63) is 107 Å². The van der Waals surface area contributed by atoms with Crippen LogP contribution in [0, 0.1) is 13.8 Å². The molecule has 3 aromatic carbocycles. The van der Waals surface area contributed by atoms with Gasteiger partial charge < -0.3 is 20.6 Å². The van der Waals surface area contributed by atoms with E-state index in [-0.39, 0.29) is 13.0 Å². The quantitative estimate of drug-likeness (QED) is 0.380. The summed E-state index contributed by atoms with van der Waals surface area (Å²) in [6, 6.07) is 20.5. The minimum Gasteiger partial charge on any atom is -0.381 e. The van der Waals surface area contributed by atoms with Gasteiger partial charge in [-0.15, -0.1) is 0 Å². The van der Waals surface area contributed by atoms with Crippen LogP contribution in [-0.2, 0) is 22.6 Å². The van der Waals surface area contributed by atoms with Crippen molar-refractivity contribution >= 4 is 17.7 Å². The van der Waals surface area contributed by atoms with Gasteiger partial charge >= 0.3 is 0 Å². The number of likely N-dealkylation sites (tertiary alicyclic amines) is 1. The van der Waals surface area contributed by atoms with Gasteiger partial charge in [0.2, 0.25) is 5.91 Å². The molecule has 0 radical (unpaired) electrons. The SMILES string of the molecule is Cc1ccccc1CNC(=O)[C@@H]1CC(F)(F)CN1C(=O)[C@@H](O)[C@H](Cc1ccccc1)NC(=O)c1ccccc1C. The number of carbonyl (C=O) groups is 3. The summed E-state index contributed by atoms with van der Waals surface area (Å²) >= 11 is 0. The molecule has 210 valence electrons. The van der Waals surface area contributed by atoms with Crippen LogP contribution in [-0.4, -0.2) is 58.4 Å². The molecule has 3 amide bonds. The fourth-order valence-electron chi connectivity index (χ4n) is 4.92. The number of halogens is 2. The third-order valence-corrected chi connectivity index (χ3v) is 7.21. The molecule has 9 heteroatoms. The lowest BCUT2D eigenvalue weighted by atomic mass is 9.98. The van der Waals surface area contributed by atoms with Crippen molar-refractivity contribution in [2.45, 2.75) is 57.3 Å². The van der Waals surface area contributed by atoms with E-state index in [9.17, 15) is 28.3 Å². The van der Waals surface area contributed by atoms with E-state index in [0.29, 0.717) is 11.1 Å². The second-order valence-corrected chi connectivity index (χ2v) is 10.2. The van der Waals surface area contributed by atoms with Crippen LogP contribution in [0.3, 0.4) is 0 Å². The number of alkyl halides is 2. The van der Waals surface area contributed by atoms with Gasteiger partial charge in [0.15, 0.2) is 6.10 Å². The Morgan fingerprint density at radius 1 is 0.950 bits per heavy atom. The van der Waals surface area contributed by atoms with E-state index in [2.05, 4.69) is 10.6 Å². The van der Waals surface area contributed by atoms with E-state index in [1.807, 2.05) is 31.2 Å². The standard InChI is InChI=1S/C31H33F2N3O4/c1-20-10-6-8-14-23(20)18-34-29(39)26-17-31(32,33)19-36(26)30(40)27(37)25(16-22-12-4-3-5-13-22)35-28(38)24-15-9-7-11-21(24)2/h3-15,25-27,37H,16-19H2,1-2H3,(H,34,39)(H,35,38)/t25-,26-,27-/m0/s1. The summed E-state index contributed by atoms with van der Waals surface area (Å²) in [5.74, 6) is -5.59.